The molecule has 1 aromatic heterocycles. The zero-order chi connectivity index (χ0) is 29.7. The molecule has 2 heterocycles. The number of esters is 1. The molecule has 1 aliphatic rings. The quantitative estimate of drug-likeness (QED) is 0.0455. The number of anilines is 1. The Balaban J connectivity index is 1.81. The second-order valence-corrected chi connectivity index (χ2v) is 10.0. The van der Waals surface area contributed by atoms with Crippen molar-refractivity contribution in [1.29, 1.82) is 0 Å². The van der Waals surface area contributed by atoms with Gasteiger partial charge in [-0.25, -0.2) is 9.78 Å². The summed E-state index contributed by atoms with van der Waals surface area (Å²) in [6.07, 6.45) is 3.26. The number of rotatable bonds is 11. The summed E-state index contributed by atoms with van der Waals surface area (Å²) in [5, 5.41) is 22.6. The second kappa shape index (κ2) is 12.6. The minimum absolute atomic E-state index is 0.0252. The third kappa shape index (κ3) is 6.02. The van der Waals surface area contributed by atoms with Crippen molar-refractivity contribution >= 4 is 45.6 Å². The molecule has 1 aliphatic heterocycles. The molecule has 1 fully saturated rings. The molecule has 0 aliphatic carbocycles. The number of aliphatic hydroxyl groups excluding tert-OH is 1. The summed E-state index contributed by atoms with van der Waals surface area (Å²) in [5.41, 5.74) is 0.442. The lowest BCUT2D eigenvalue weighted by molar-refractivity contribution is -0.384. The van der Waals surface area contributed by atoms with Crippen molar-refractivity contribution in [3.8, 4) is 5.75 Å². The number of amides is 1. The van der Waals surface area contributed by atoms with E-state index in [-0.39, 0.29) is 39.1 Å². The van der Waals surface area contributed by atoms with Gasteiger partial charge in [0.15, 0.2) is 5.13 Å². The van der Waals surface area contributed by atoms with Gasteiger partial charge in [0.25, 0.3) is 11.5 Å². The standard InChI is InChI=1S/C29H27N3O8S/c1-4-6-16-39-21-13-9-19(10-14-21)24(33)22-23(18-7-11-20(12-8-18)32(37)38)31(27(35)25(22)34)29-30-17(3)26(41-29)28(36)40-15-5-2/h5,7-14,23,33H,2,4,6,15-16H2,1,3H3/t23-/m1/s1. The molecule has 0 unspecified atom stereocenters. The van der Waals surface area contributed by atoms with E-state index in [9.17, 15) is 29.6 Å². The Morgan fingerprint density at radius 1 is 1.20 bits per heavy atom. The molecule has 1 N–H and O–H groups in total. The summed E-state index contributed by atoms with van der Waals surface area (Å²) in [6, 6.07) is 10.5. The van der Waals surface area contributed by atoms with Gasteiger partial charge >= 0.3 is 11.9 Å². The van der Waals surface area contributed by atoms with Gasteiger partial charge in [0.2, 0.25) is 0 Å². The molecule has 0 bridgehead atoms. The van der Waals surface area contributed by atoms with Crippen molar-refractivity contribution in [2.75, 3.05) is 18.1 Å². The molecule has 11 nitrogen and oxygen atoms in total. The summed E-state index contributed by atoms with van der Waals surface area (Å²) < 4.78 is 10.8. The first-order valence-corrected chi connectivity index (χ1v) is 13.5. The number of unbranched alkanes of at least 4 members (excludes halogenated alkanes) is 1. The average molecular weight is 578 g/mol. The van der Waals surface area contributed by atoms with Crippen molar-refractivity contribution in [2.45, 2.75) is 32.7 Å². The van der Waals surface area contributed by atoms with E-state index in [1.54, 1.807) is 31.2 Å². The molecule has 41 heavy (non-hydrogen) atoms. The van der Waals surface area contributed by atoms with Crippen molar-refractivity contribution in [1.82, 2.24) is 4.98 Å². The van der Waals surface area contributed by atoms with Crippen molar-refractivity contribution in [2.24, 2.45) is 0 Å². The predicted octanol–water partition coefficient (Wildman–Crippen LogP) is 5.51. The first-order chi connectivity index (χ1) is 19.7. The number of aliphatic hydroxyl groups is 1. The van der Waals surface area contributed by atoms with E-state index in [2.05, 4.69) is 11.6 Å². The zero-order valence-electron chi connectivity index (χ0n) is 22.4. The molecule has 4 rings (SSSR count). The monoisotopic (exact) mass is 577 g/mol. The molecule has 1 amide bonds. The minimum Gasteiger partial charge on any atom is -0.507 e. The number of carbonyl (C=O) groups excluding carboxylic acids is 3. The maximum absolute atomic E-state index is 13.4. The Hall–Kier alpha value is -4.84. The van der Waals surface area contributed by atoms with Crippen LogP contribution in [0, 0.1) is 17.0 Å². The van der Waals surface area contributed by atoms with Crippen LogP contribution in [0.15, 0.2) is 66.8 Å². The minimum atomic E-state index is -1.18. The number of ether oxygens (including phenoxy) is 2. The lowest BCUT2D eigenvalue weighted by Gasteiger charge is -2.23. The van der Waals surface area contributed by atoms with E-state index in [0.717, 1.165) is 29.1 Å². The number of benzene rings is 2. The molecule has 2 aromatic carbocycles. The molecule has 212 valence electrons. The number of hydrogen-bond donors (Lipinski definition) is 1. The lowest BCUT2D eigenvalue weighted by atomic mass is 9.95. The van der Waals surface area contributed by atoms with Gasteiger partial charge in [-0.05, 0) is 55.3 Å². The highest BCUT2D eigenvalue weighted by molar-refractivity contribution is 7.17. The van der Waals surface area contributed by atoms with E-state index in [4.69, 9.17) is 9.47 Å². The third-order valence-electron chi connectivity index (χ3n) is 6.27. The van der Waals surface area contributed by atoms with Crippen LogP contribution in [0.3, 0.4) is 0 Å². The Bertz CT molecular complexity index is 1530. The highest BCUT2D eigenvalue weighted by atomic mass is 32.1. The van der Waals surface area contributed by atoms with Crippen LogP contribution in [0.5, 0.6) is 5.75 Å². The lowest BCUT2D eigenvalue weighted by Crippen LogP contribution is -2.29. The fourth-order valence-electron chi connectivity index (χ4n) is 4.20. The van der Waals surface area contributed by atoms with Crippen LogP contribution in [-0.2, 0) is 14.3 Å². The number of nitro groups is 1. The maximum Gasteiger partial charge on any atom is 0.350 e. The highest BCUT2D eigenvalue weighted by Crippen LogP contribution is 2.44. The first-order valence-electron chi connectivity index (χ1n) is 12.7. The summed E-state index contributed by atoms with van der Waals surface area (Å²) in [5.74, 6) is -2.48. The number of carbonyl (C=O) groups is 3. The number of non-ortho nitro benzene ring substituents is 1. The normalized spacial score (nSPS) is 16.0. The summed E-state index contributed by atoms with van der Waals surface area (Å²) in [4.78, 5) is 55.6. The van der Waals surface area contributed by atoms with Gasteiger partial charge in [0, 0.05) is 17.7 Å². The van der Waals surface area contributed by atoms with E-state index in [0.29, 0.717) is 17.9 Å². The zero-order valence-corrected chi connectivity index (χ0v) is 23.2. The second-order valence-electron chi connectivity index (χ2n) is 9.04. The van der Waals surface area contributed by atoms with E-state index >= 15 is 0 Å². The van der Waals surface area contributed by atoms with Gasteiger partial charge < -0.3 is 14.6 Å². The van der Waals surface area contributed by atoms with Crippen LogP contribution in [0.4, 0.5) is 10.8 Å². The van der Waals surface area contributed by atoms with Crippen molar-refractivity contribution in [3.63, 3.8) is 0 Å². The maximum atomic E-state index is 13.4. The van der Waals surface area contributed by atoms with Crippen molar-refractivity contribution in [3.05, 3.63) is 98.6 Å². The van der Waals surface area contributed by atoms with Crippen molar-refractivity contribution < 1.29 is 33.9 Å². The Morgan fingerprint density at radius 2 is 1.88 bits per heavy atom. The molecular weight excluding hydrogens is 550 g/mol. The van der Waals surface area contributed by atoms with Gasteiger partial charge in [0.1, 0.15) is 23.0 Å². The number of thiazole rings is 1. The fourth-order valence-corrected chi connectivity index (χ4v) is 5.18. The SMILES string of the molecule is C=CCOC(=O)c1sc(N2C(=O)C(=O)C(=C(O)c3ccc(OCCCC)cc3)[C@H]2c2ccc([N+](=O)[O-])cc2)nc1C. The van der Waals surface area contributed by atoms with Crippen LogP contribution in [0.2, 0.25) is 0 Å². The molecule has 0 saturated carbocycles. The Morgan fingerprint density at radius 3 is 2.49 bits per heavy atom. The molecule has 0 radical (unpaired) electrons. The van der Waals surface area contributed by atoms with Crippen LogP contribution in [-0.4, -0.2) is 45.9 Å². The van der Waals surface area contributed by atoms with Crippen LogP contribution < -0.4 is 9.64 Å². The molecule has 3 aromatic rings. The fraction of sp³-hybridized carbons (Fsp3) is 0.241. The Kier molecular flexibility index (Phi) is 8.93. The summed E-state index contributed by atoms with van der Waals surface area (Å²) in [7, 11) is 0. The number of hydrogen-bond acceptors (Lipinski definition) is 10. The van der Waals surface area contributed by atoms with E-state index in [1.807, 2.05) is 6.92 Å². The number of aromatic nitrogens is 1. The number of nitro benzene ring substituents is 1. The number of Topliss-reactive ketones (excluding diaryl/α,β-unsaturated/α-hetero) is 1. The highest BCUT2D eigenvalue weighted by Gasteiger charge is 2.48. The summed E-state index contributed by atoms with van der Waals surface area (Å²) in [6.45, 7) is 7.62. The molecule has 1 saturated heterocycles. The van der Waals surface area contributed by atoms with Gasteiger partial charge in [0.05, 0.1) is 28.8 Å². The van der Waals surface area contributed by atoms with E-state index in [1.165, 1.54) is 30.3 Å². The molecule has 0 spiro atoms. The summed E-state index contributed by atoms with van der Waals surface area (Å²) >= 11 is 0.852. The first kappa shape index (κ1) is 29.2. The van der Waals surface area contributed by atoms with Crippen LogP contribution >= 0.6 is 11.3 Å². The van der Waals surface area contributed by atoms with E-state index < -0.39 is 34.4 Å². The van der Waals surface area contributed by atoms with Crippen LogP contribution in [0.25, 0.3) is 5.76 Å². The van der Waals surface area contributed by atoms with Gasteiger partial charge in [-0.15, -0.1) is 0 Å². The topological polar surface area (TPSA) is 149 Å². The largest absolute Gasteiger partial charge is 0.507 e. The molecular formula is C29H27N3O8S. The van der Waals surface area contributed by atoms with Gasteiger partial charge in [-0.1, -0.05) is 37.3 Å². The number of nitrogens with zero attached hydrogens (tertiary/aromatic N) is 3. The predicted molar refractivity (Wildman–Crippen MR) is 152 cm³/mol. The third-order valence-corrected chi connectivity index (χ3v) is 7.40. The average Bonchev–Trinajstić information content (AvgIpc) is 3.48. The van der Waals surface area contributed by atoms with Gasteiger partial charge in [-0.3, -0.25) is 24.6 Å². The number of ketones is 1. The smallest absolute Gasteiger partial charge is 0.350 e. The molecule has 12 heteroatoms. The Labute approximate surface area is 239 Å². The van der Waals surface area contributed by atoms with Crippen LogP contribution in [0.1, 0.15) is 52.3 Å². The van der Waals surface area contributed by atoms with Gasteiger partial charge in [-0.2, -0.15) is 0 Å². The number of aryl methyl sites for hydroxylation is 1. The molecule has 1 atom stereocenters.